The van der Waals surface area contributed by atoms with E-state index in [-0.39, 0.29) is 17.3 Å². The number of benzene rings is 1. The first-order valence-corrected chi connectivity index (χ1v) is 6.80. The van der Waals surface area contributed by atoms with Gasteiger partial charge in [0.05, 0.1) is 17.4 Å². The van der Waals surface area contributed by atoms with Gasteiger partial charge in [-0.05, 0) is 45.2 Å². The normalized spacial score (nSPS) is 10.4. The second-order valence-corrected chi connectivity index (χ2v) is 4.87. The molecule has 114 valence electrons. The van der Waals surface area contributed by atoms with E-state index >= 15 is 0 Å². The van der Waals surface area contributed by atoms with E-state index in [0.29, 0.717) is 25.2 Å². The molecule has 6 nitrogen and oxygen atoms in total. The molecule has 1 aromatic carbocycles. The Balaban J connectivity index is 2.29. The highest BCUT2D eigenvalue weighted by Crippen LogP contribution is 2.18. The standard InChI is InChI=1S/C15H19NO5/c1-11(17)15(12(2)18)5-3-4-10-21-14-8-6-13(7-9-14)16(19)20/h6-9,15H,3-5,10H2,1-2H3. The molecule has 0 unspecified atom stereocenters. The molecule has 0 aliphatic heterocycles. The van der Waals surface area contributed by atoms with Crippen molar-refractivity contribution in [2.24, 2.45) is 5.92 Å². The van der Waals surface area contributed by atoms with E-state index in [0.717, 1.165) is 6.42 Å². The second-order valence-electron chi connectivity index (χ2n) is 4.87. The van der Waals surface area contributed by atoms with Crippen LogP contribution in [0.25, 0.3) is 0 Å². The molecule has 1 rings (SSSR count). The Morgan fingerprint density at radius 1 is 1.14 bits per heavy atom. The summed E-state index contributed by atoms with van der Waals surface area (Å²) >= 11 is 0. The molecule has 0 saturated heterocycles. The van der Waals surface area contributed by atoms with Crippen LogP contribution in [0, 0.1) is 16.0 Å². The van der Waals surface area contributed by atoms with Gasteiger partial charge < -0.3 is 4.74 Å². The molecule has 0 aromatic heterocycles. The largest absolute Gasteiger partial charge is 0.494 e. The molecule has 0 spiro atoms. The van der Waals surface area contributed by atoms with Crippen molar-refractivity contribution >= 4 is 17.3 Å². The maximum atomic E-state index is 11.3. The number of ether oxygens (including phenoxy) is 1. The third-order valence-corrected chi connectivity index (χ3v) is 3.18. The number of nitro groups is 1. The van der Waals surface area contributed by atoms with Crippen LogP contribution in [0.4, 0.5) is 5.69 Å². The fourth-order valence-electron chi connectivity index (χ4n) is 2.00. The Morgan fingerprint density at radius 3 is 2.19 bits per heavy atom. The lowest BCUT2D eigenvalue weighted by atomic mass is 9.94. The summed E-state index contributed by atoms with van der Waals surface area (Å²) in [5.74, 6) is -0.141. The fraction of sp³-hybridized carbons (Fsp3) is 0.467. The predicted octanol–water partition coefficient (Wildman–Crippen LogP) is 2.94. The molecule has 0 aliphatic rings. The summed E-state index contributed by atoms with van der Waals surface area (Å²) in [6.07, 6.45) is 1.97. The number of carbonyl (C=O) groups excluding carboxylic acids is 2. The Hall–Kier alpha value is -2.24. The van der Waals surface area contributed by atoms with Gasteiger partial charge in [0, 0.05) is 12.1 Å². The summed E-state index contributed by atoms with van der Waals surface area (Å²) < 4.78 is 5.45. The molecular weight excluding hydrogens is 274 g/mol. The van der Waals surface area contributed by atoms with Gasteiger partial charge in [-0.15, -0.1) is 0 Å². The first-order chi connectivity index (χ1) is 9.91. The number of hydrogen-bond donors (Lipinski definition) is 0. The predicted molar refractivity (Wildman–Crippen MR) is 77.3 cm³/mol. The molecule has 0 bridgehead atoms. The van der Waals surface area contributed by atoms with Crippen molar-refractivity contribution in [1.29, 1.82) is 0 Å². The number of nitro benzene ring substituents is 1. The fourth-order valence-corrected chi connectivity index (χ4v) is 2.00. The number of nitrogens with zero attached hydrogens (tertiary/aromatic N) is 1. The quantitative estimate of drug-likeness (QED) is 0.302. The minimum atomic E-state index is -0.510. The molecule has 21 heavy (non-hydrogen) atoms. The molecule has 0 N–H and O–H groups in total. The molecule has 0 aliphatic carbocycles. The molecular formula is C15H19NO5. The van der Waals surface area contributed by atoms with Gasteiger partial charge in [0.1, 0.15) is 17.3 Å². The lowest BCUT2D eigenvalue weighted by molar-refractivity contribution is -0.384. The van der Waals surface area contributed by atoms with Crippen LogP contribution < -0.4 is 4.74 Å². The monoisotopic (exact) mass is 293 g/mol. The number of hydrogen-bond acceptors (Lipinski definition) is 5. The molecule has 0 atom stereocenters. The Morgan fingerprint density at radius 2 is 1.71 bits per heavy atom. The molecule has 0 saturated carbocycles. The third kappa shape index (κ3) is 5.72. The Kier molecular flexibility index (Phi) is 6.52. The first-order valence-electron chi connectivity index (χ1n) is 6.80. The number of rotatable bonds is 9. The van der Waals surface area contributed by atoms with E-state index in [1.54, 1.807) is 12.1 Å². The van der Waals surface area contributed by atoms with Crippen molar-refractivity contribution in [3.63, 3.8) is 0 Å². The van der Waals surface area contributed by atoms with Gasteiger partial charge in [0.15, 0.2) is 0 Å². The number of unbranched alkanes of at least 4 members (excludes halogenated alkanes) is 1. The molecule has 0 amide bonds. The molecule has 0 radical (unpaired) electrons. The smallest absolute Gasteiger partial charge is 0.269 e. The summed E-state index contributed by atoms with van der Waals surface area (Å²) in [5, 5.41) is 10.5. The maximum Gasteiger partial charge on any atom is 0.269 e. The highest BCUT2D eigenvalue weighted by atomic mass is 16.6. The first kappa shape index (κ1) is 16.8. The zero-order chi connectivity index (χ0) is 15.8. The van der Waals surface area contributed by atoms with Crippen LogP contribution in [-0.2, 0) is 9.59 Å². The maximum absolute atomic E-state index is 11.3. The number of carbonyl (C=O) groups is 2. The summed E-state index contributed by atoms with van der Waals surface area (Å²) in [7, 11) is 0. The van der Waals surface area contributed by atoms with Crippen LogP contribution >= 0.6 is 0 Å². The van der Waals surface area contributed by atoms with Crippen molar-refractivity contribution in [2.45, 2.75) is 33.1 Å². The van der Waals surface area contributed by atoms with E-state index in [9.17, 15) is 19.7 Å². The van der Waals surface area contributed by atoms with Crippen molar-refractivity contribution in [3.8, 4) is 5.75 Å². The molecule has 0 fully saturated rings. The van der Waals surface area contributed by atoms with E-state index in [1.807, 2.05) is 0 Å². The van der Waals surface area contributed by atoms with Gasteiger partial charge in [0.25, 0.3) is 5.69 Å². The van der Waals surface area contributed by atoms with Crippen LogP contribution in [0.15, 0.2) is 24.3 Å². The SMILES string of the molecule is CC(=O)C(CCCCOc1ccc([N+](=O)[O-])cc1)C(C)=O. The number of Topliss-reactive ketones (excluding diaryl/α,β-unsaturated/α-hetero) is 2. The topological polar surface area (TPSA) is 86.5 Å². The summed E-state index contributed by atoms with van der Waals surface area (Å²) in [5.41, 5.74) is 0.0214. The lowest BCUT2D eigenvalue weighted by Gasteiger charge is -2.10. The van der Waals surface area contributed by atoms with Crippen molar-refractivity contribution < 1.29 is 19.2 Å². The van der Waals surface area contributed by atoms with Crippen molar-refractivity contribution in [1.82, 2.24) is 0 Å². The van der Waals surface area contributed by atoms with Crippen LogP contribution in [-0.4, -0.2) is 23.1 Å². The molecule has 0 heterocycles. The Bertz CT molecular complexity index is 495. The van der Waals surface area contributed by atoms with Gasteiger partial charge in [-0.2, -0.15) is 0 Å². The van der Waals surface area contributed by atoms with Crippen molar-refractivity contribution in [2.75, 3.05) is 6.61 Å². The van der Waals surface area contributed by atoms with Gasteiger partial charge in [-0.1, -0.05) is 0 Å². The van der Waals surface area contributed by atoms with Gasteiger partial charge in [0.2, 0.25) is 0 Å². The summed E-state index contributed by atoms with van der Waals surface area (Å²) in [6, 6.07) is 5.87. The number of non-ortho nitro benzene ring substituents is 1. The summed E-state index contributed by atoms with van der Waals surface area (Å²) in [6.45, 7) is 3.30. The van der Waals surface area contributed by atoms with E-state index < -0.39 is 10.8 Å². The van der Waals surface area contributed by atoms with Gasteiger partial charge in [-0.3, -0.25) is 19.7 Å². The van der Waals surface area contributed by atoms with Crippen LogP contribution in [0.2, 0.25) is 0 Å². The highest BCUT2D eigenvalue weighted by molar-refractivity contribution is 6.00. The molecule has 6 heteroatoms. The second kappa shape index (κ2) is 8.14. The minimum absolute atomic E-state index is 0.0214. The van der Waals surface area contributed by atoms with E-state index in [1.165, 1.54) is 26.0 Å². The molecule has 1 aromatic rings. The Labute approximate surface area is 123 Å². The van der Waals surface area contributed by atoms with Crippen LogP contribution in [0.1, 0.15) is 33.1 Å². The minimum Gasteiger partial charge on any atom is -0.494 e. The van der Waals surface area contributed by atoms with Crippen LogP contribution in [0.3, 0.4) is 0 Å². The number of ketones is 2. The van der Waals surface area contributed by atoms with Crippen molar-refractivity contribution in [3.05, 3.63) is 34.4 Å². The van der Waals surface area contributed by atoms with E-state index in [2.05, 4.69) is 0 Å². The highest BCUT2D eigenvalue weighted by Gasteiger charge is 2.18. The van der Waals surface area contributed by atoms with Gasteiger partial charge >= 0.3 is 0 Å². The average molecular weight is 293 g/mol. The van der Waals surface area contributed by atoms with Crippen LogP contribution in [0.5, 0.6) is 5.75 Å². The lowest BCUT2D eigenvalue weighted by Crippen LogP contribution is -2.19. The zero-order valence-corrected chi connectivity index (χ0v) is 12.2. The van der Waals surface area contributed by atoms with Gasteiger partial charge in [-0.25, -0.2) is 0 Å². The third-order valence-electron chi connectivity index (χ3n) is 3.18. The average Bonchev–Trinajstić information content (AvgIpc) is 2.42. The van der Waals surface area contributed by atoms with E-state index in [4.69, 9.17) is 4.74 Å². The summed E-state index contributed by atoms with van der Waals surface area (Å²) in [4.78, 5) is 32.5. The zero-order valence-electron chi connectivity index (χ0n) is 12.2.